The monoisotopic (exact) mass is 393 g/mol. The summed E-state index contributed by atoms with van der Waals surface area (Å²) in [5, 5.41) is 26.9. The van der Waals surface area contributed by atoms with Crippen LogP contribution in [0.25, 0.3) is 27.8 Å². The summed E-state index contributed by atoms with van der Waals surface area (Å²) in [6, 6.07) is 11.4. The lowest BCUT2D eigenvalue weighted by atomic mass is 10.0. The summed E-state index contributed by atoms with van der Waals surface area (Å²) >= 11 is 0. The number of rotatable bonds is 4. The highest BCUT2D eigenvalue weighted by Crippen LogP contribution is 2.41. The number of phenols is 1. The molecule has 0 aliphatic rings. The van der Waals surface area contributed by atoms with Gasteiger partial charge in [-0.15, -0.1) is 0 Å². The van der Waals surface area contributed by atoms with Crippen LogP contribution in [0, 0.1) is 12.7 Å². The Labute approximate surface area is 166 Å². The van der Waals surface area contributed by atoms with Gasteiger partial charge >= 0.3 is 5.97 Å². The van der Waals surface area contributed by atoms with Gasteiger partial charge in [0.25, 0.3) is 0 Å². The van der Waals surface area contributed by atoms with Gasteiger partial charge in [0.15, 0.2) is 0 Å². The smallest absolute Gasteiger partial charge is 0.353 e. The van der Waals surface area contributed by atoms with Crippen LogP contribution in [0.2, 0.25) is 0 Å². The van der Waals surface area contributed by atoms with Gasteiger partial charge in [-0.25, -0.2) is 9.18 Å². The van der Waals surface area contributed by atoms with Gasteiger partial charge in [0, 0.05) is 22.3 Å². The molecule has 0 bridgehead atoms. The predicted molar refractivity (Wildman–Crippen MR) is 108 cm³/mol. The van der Waals surface area contributed by atoms with Crippen molar-refractivity contribution in [2.45, 2.75) is 26.7 Å². The number of aromatic carboxylic acids is 1. The Kier molecular flexibility index (Phi) is 4.38. The van der Waals surface area contributed by atoms with E-state index in [1.165, 1.54) is 12.1 Å². The Hall–Kier alpha value is -3.61. The van der Waals surface area contributed by atoms with E-state index in [1.807, 2.05) is 18.4 Å². The second kappa shape index (κ2) is 6.77. The van der Waals surface area contributed by atoms with E-state index in [9.17, 15) is 19.4 Å². The van der Waals surface area contributed by atoms with Crippen LogP contribution in [-0.2, 0) is 0 Å². The quantitative estimate of drug-likeness (QED) is 0.455. The number of carbonyl (C=O) groups is 1. The van der Waals surface area contributed by atoms with Gasteiger partial charge in [0.2, 0.25) is 0 Å². The number of aromatic amines is 1. The molecule has 4 aromatic rings. The normalized spacial score (nSPS) is 11.5. The molecule has 0 spiro atoms. The number of fused-ring (bicyclic) bond motifs is 1. The molecule has 2 aromatic heterocycles. The van der Waals surface area contributed by atoms with E-state index in [0.717, 1.165) is 27.8 Å². The molecular formula is C22H20FN3O3. The van der Waals surface area contributed by atoms with Gasteiger partial charge in [0.05, 0.1) is 11.2 Å². The van der Waals surface area contributed by atoms with Crippen molar-refractivity contribution >= 4 is 16.9 Å². The van der Waals surface area contributed by atoms with Gasteiger partial charge in [-0.1, -0.05) is 13.8 Å². The summed E-state index contributed by atoms with van der Waals surface area (Å²) in [4.78, 5) is 11.3. The van der Waals surface area contributed by atoms with Crippen LogP contribution in [0.4, 0.5) is 4.39 Å². The summed E-state index contributed by atoms with van der Waals surface area (Å²) in [6.07, 6.45) is 0. The van der Waals surface area contributed by atoms with Crippen LogP contribution in [0.5, 0.6) is 5.75 Å². The Morgan fingerprint density at radius 2 is 1.93 bits per heavy atom. The molecule has 0 saturated carbocycles. The van der Waals surface area contributed by atoms with Crippen LogP contribution < -0.4 is 0 Å². The maximum Gasteiger partial charge on any atom is 0.353 e. The van der Waals surface area contributed by atoms with Crippen molar-refractivity contribution in [2.24, 2.45) is 0 Å². The number of benzene rings is 2. The molecular weight excluding hydrogens is 373 g/mol. The number of aromatic hydroxyl groups is 1. The van der Waals surface area contributed by atoms with Crippen LogP contribution >= 0.6 is 0 Å². The molecule has 148 valence electrons. The number of aryl methyl sites for hydroxylation is 1. The number of carboxylic acid groups (broad SMARTS) is 1. The van der Waals surface area contributed by atoms with Crippen LogP contribution in [0.1, 0.15) is 41.5 Å². The van der Waals surface area contributed by atoms with E-state index < -0.39 is 5.97 Å². The molecule has 0 saturated heterocycles. The lowest BCUT2D eigenvalue weighted by Gasteiger charge is -2.15. The topological polar surface area (TPSA) is 91.1 Å². The summed E-state index contributed by atoms with van der Waals surface area (Å²) < 4.78 is 15.9. The highest BCUT2D eigenvalue weighted by Gasteiger charge is 2.24. The molecule has 0 unspecified atom stereocenters. The second-order valence-corrected chi connectivity index (χ2v) is 7.36. The highest BCUT2D eigenvalue weighted by atomic mass is 19.1. The Morgan fingerprint density at radius 3 is 2.55 bits per heavy atom. The first-order valence-corrected chi connectivity index (χ1v) is 9.21. The number of halogens is 1. The first-order chi connectivity index (χ1) is 13.8. The SMILES string of the molecule is Cc1cc(-n2c(C(C)C)c(-c3cc(C(=O)O)[nH]n3)c3cc(O)ccc32)ccc1F. The lowest BCUT2D eigenvalue weighted by Crippen LogP contribution is -2.04. The second-order valence-electron chi connectivity index (χ2n) is 7.36. The third-order valence-electron chi connectivity index (χ3n) is 5.00. The summed E-state index contributed by atoms with van der Waals surface area (Å²) in [7, 11) is 0. The average molecular weight is 393 g/mol. The first-order valence-electron chi connectivity index (χ1n) is 9.21. The number of hydrogen-bond acceptors (Lipinski definition) is 3. The van der Waals surface area contributed by atoms with E-state index in [-0.39, 0.29) is 23.2 Å². The van der Waals surface area contributed by atoms with E-state index in [2.05, 4.69) is 10.2 Å². The molecule has 0 atom stereocenters. The highest BCUT2D eigenvalue weighted by molar-refractivity contribution is 6.00. The van der Waals surface area contributed by atoms with Gasteiger partial charge < -0.3 is 14.8 Å². The zero-order chi connectivity index (χ0) is 20.9. The molecule has 2 aromatic carbocycles. The van der Waals surface area contributed by atoms with Crippen molar-refractivity contribution in [3.05, 3.63) is 65.2 Å². The fraction of sp³-hybridized carbons (Fsp3) is 0.182. The predicted octanol–water partition coefficient (Wildman–Crippen LogP) is 5.00. The lowest BCUT2D eigenvalue weighted by molar-refractivity contribution is 0.0690. The van der Waals surface area contributed by atoms with Crippen molar-refractivity contribution in [2.75, 3.05) is 0 Å². The van der Waals surface area contributed by atoms with E-state index >= 15 is 0 Å². The molecule has 6 nitrogen and oxygen atoms in total. The number of phenolic OH excluding ortho intramolecular Hbond substituents is 1. The molecule has 3 N–H and O–H groups in total. The van der Waals surface area contributed by atoms with Gasteiger partial charge in [-0.3, -0.25) is 5.10 Å². The molecule has 0 radical (unpaired) electrons. The molecule has 4 rings (SSSR count). The number of nitrogens with one attached hydrogen (secondary N) is 1. The molecule has 2 heterocycles. The van der Waals surface area contributed by atoms with Crippen molar-refractivity contribution < 1.29 is 19.4 Å². The van der Waals surface area contributed by atoms with Crippen LogP contribution in [0.15, 0.2) is 42.5 Å². The standard InChI is InChI=1S/C22H20FN3O3/c1-11(2)21-20(17-10-18(22(28)29)25-24-17)15-9-14(27)5-7-19(15)26(21)13-4-6-16(23)12(3)8-13/h4-11,27H,1-3H3,(H,24,25)(H,28,29). The molecule has 7 heteroatoms. The van der Waals surface area contributed by atoms with E-state index in [0.29, 0.717) is 11.3 Å². The van der Waals surface area contributed by atoms with Crippen LogP contribution in [0.3, 0.4) is 0 Å². The minimum absolute atomic E-state index is 0.0200. The number of H-pyrrole nitrogens is 1. The molecule has 0 aliphatic heterocycles. The van der Waals surface area contributed by atoms with Crippen LogP contribution in [-0.4, -0.2) is 30.9 Å². The molecule has 0 fully saturated rings. The summed E-state index contributed by atoms with van der Waals surface area (Å²) in [6.45, 7) is 5.75. The zero-order valence-corrected chi connectivity index (χ0v) is 16.2. The van der Waals surface area contributed by atoms with Crippen molar-refractivity contribution in [1.82, 2.24) is 14.8 Å². The first kappa shape index (κ1) is 18.7. The Morgan fingerprint density at radius 1 is 1.17 bits per heavy atom. The third kappa shape index (κ3) is 3.04. The number of hydrogen-bond donors (Lipinski definition) is 3. The third-order valence-corrected chi connectivity index (χ3v) is 5.00. The van der Waals surface area contributed by atoms with Gasteiger partial charge in [-0.2, -0.15) is 5.10 Å². The molecule has 0 aliphatic carbocycles. The van der Waals surface area contributed by atoms with Crippen molar-refractivity contribution in [3.63, 3.8) is 0 Å². The zero-order valence-electron chi connectivity index (χ0n) is 16.2. The fourth-order valence-corrected chi connectivity index (χ4v) is 3.72. The summed E-state index contributed by atoms with van der Waals surface area (Å²) in [5.41, 5.74) is 4.19. The molecule has 29 heavy (non-hydrogen) atoms. The van der Waals surface area contributed by atoms with Gasteiger partial charge in [0.1, 0.15) is 17.3 Å². The Balaban J connectivity index is 2.12. The van der Waals surface area contributed by atoms with Crippen molar-refractivity contribution in [1.29, 1.82) is 0 Å². The average Bonchev–Trinajstić information content (AvgIpc) is 3.26. The van der Waals surface area contributed by atoms with E-state index in [1.54, 1.807) is 37.3 Å². The number of aromatic nitrogens is 3. The maximum atomic E-state index is 13.9. The Bertz CT molecular complexity index is 1250. The van der Waals surface area contributed by atoms with E-state index in [4.69, 9.17) is 0 Å². The van der Waals surface area contributed by atoms with Crippen molar-refractivity contribution in [3.8, 4) is 22.7 Å². The largest absolute Gasteiger partial charge is 0.508 e. The molecule has 0 amide bonds. The number of carboxylic acids is 1. The summed E-state index contributed by atoms with van der Waals surface area (Å²) in [5.74, 6) is -1.26. The minimum Gasteiger partial charge on any atom is -0.508 e. The minimum atomic E-state index is -1.10. The van der Waals surface area contributed by atoms with Gasteiger partial charge in [-0.05, 0) is 60.9 Å². The maximum absolute atomic E-state index is 13.9. The number of nitrogens with zero attached hydrogens (tertiary/aromatic N) is 2. The fourth-order valence-electron chi connectivity index (χ4n) is 3.72.